The smallest absolute Gasteiger partial charge is 0.173 e. The highest BCUT2D eigenvalue weighted by atomic mass is 35.5. The van der Waals surface area contributed by atoms with Gasteiger partial charge in [-0.05, 0) is 35.5 Å². The number of rotatable bonds is 5. The number of hydrogen-bond acceptors (Lipinski definition) is 2. The molecule has 0 amide bonds. The van der Waals surface area contributed by atoms with Crippen LogP contribution in [0.1, 0.15) is 11.1 Å². The summed E-state index contributed by atoms with van der Waals surface area (Å²) < 4.78 is 14.6. The number of anilines is 1. The summed E-state index contributed by atoms with van der Waals surface area (Å²) in [6, 6.07) is 16.2. The molecule has 0 bridgehead atoms. The average molecular weight is 375 g/mol. The van der Waals surface area contributed by atoms with E-state index in [1.165, 1.54) is 12.1 Å². The molecule has 128 valence electrons. The second kappa shape index (κ2) is 8.09. The first-order chi connectivity index (χ1) is 12.1. The van der Waals surface area contributed by atoms with Crippen molar-refractivity contribution < 1.29 is 4.39 Å². The minimum Gasteiger partial charge on any atom is -0.358 e. The fourth-order valence-corrected chi connectivity index (χ4v) is 2.64. The summed E-state index contributed by atoms with van der Waals surface area (Å²) in [4.78, 5) is 0. The normalized spacial score (nSPS) is 10.5. The monoisotopic (exact) mass is 374 g/mol. The standard InChI is InChI=1S/C18H16ClFN4S/c19-16-12-24(11-14-4-2-1-3-5-14)23-17(16)22-18(25)21-10-13-6-8-15(20)9-7-13/h1-9,12H,10-11H2,(H2,21,22,23,25). The molecule has 7 heteroatoms. The van der Waals surface area contributed by atoms with E-state index < -0.39 is 0 Å². The van der Waals surface area contributed by atoms with E-state index in [0.29, 0.717) is 29.0 Å². The van der Waals surface area contributed by atoms with Crippen LogP contribution in [-0.4, -0.2) is 14.9 Å². The Morgan fingerprint density at radius 2 is 1.80 bits per heavy atom. The van der Waals surface area contributed by atoms with Crippen LogP contribution >= 0.6 is 23.8 Å². The van der Waals surface area contributed by atoms with Gasteiger partial charge in [0, 0.05) is 12.7 Å². The Morgan fingerprint density at radius 3 is 2.52 bits per heavy atom. The molecule has 3 aromatic rings. The van der Waals surface area contributed by atoms with Gasteiger partial charge in [-0.25, -0.2) is 4.39 Å². The van der Waals surface area contributed by atoms with Crippen LogP contribution in [0.15, 0.2) is 60.8 Å². The lowest BCUT2D eigenvalue weighted by molar-refractivity contribution is 0.627. The van der Waals surface area contributed by atoms with Gasteiger partial charge in [0.25, 0.3) is 0 Å². The Hall–Kier alpha value is -2.44. The SMILES string of the molecule is Fc1ccc(CNC(=S)Nc2nn(Cc3ccccc3)cc2Cl)cc1. The van der Waals surface area contributed by atoms with Gasteiger partial charge in [0.15, 0.2) is 10.9 Å². The molecule has 0 radical (unpaired) electrons. The Kier molecular flexibility index (Phi) is 5.63. The van der Waals surface area contributed by atoms with E-state index in [4.69, 9.17) is 23.8 Å². The zero-order chi connectivity index (χ0) is 17.6. The van der Waals surface area contributed by atoms with Crippen LogP contribution in [0, 0.1) is 5.82 Å². The third-order valence-electron chi connectivity index (χ3n) is 3.50. The zero-order valence-electron chi connectivity index (χ0n) is 13.2. The molecule has 2 N–H and O–H groups in total. The maximum atomic E-state index is 12.9. The zero-order valence-corrected chi connectivity index (χ0v) is 14.8. The van der Waals surface area contributed by atoms with Crippen molar-refractivity contribution in [1.29, 1.82) is 0 Å². The summed E-state index contributed by atoms with van der Waals surface area (Å²) in [6.45, 7) is 1.10. The van der Waals surface area contributed by atoms with Crippen LogP contribution in [0.2, 0.25) is 5.02 Å². The molecule has 0 fully saturated rings. The third kappa shape index (κ3) is 5.01. The van der Waals surface area contributed by atoms with E-state index in [1.54, 1.807) is 23.0 Å². The van der Waals surface area contributed by atoms with Gasteiger partial charge in [0.05, 0.1) is 6.54 Å². The van der Waals surface area contributed by atoms with Crippen molar-refractivity contribution in [3.05, 3.63) is 82.8 Å². The third-order valence-corrected chi connectivity index (χ3v) is 4.03. The molecule has 4 nitrogen and oxygen atoms in total. The molecule has 25 heavy (non-hydrogen) atoms. The molecule has 0 aliphatic heterocycles. The van der Waals surface area contributed by atoms with Crippen LogP contribution in [0.4, 0.5) is 10.2 Å². The maximum absolute atomic E-state index is 12.9. The molecule has 3 rings (SSSR count). The summed E-state index contributed by atoms with van der Waals surface area (Å²) in [5.41, 5.74) is 2.05. The van der Waals surface area contributed by atoms with E-state index in [9.17, 15) is 4.39 Å². The van der Waals surface area contributed by atoms with E-state index in [1.807, 2.05) is 30.3 Å². The van der Waals surface area contributed by atoms with Crippen LogP contribution in [0.3, 0.4) is 0 Å². The van der Waals surface area contributed by atoms with Crippen LogP contribution in [-0.2, 0) is 13.1 Å². The van der Waals surface area contributed by atoms with E-state index in [2.05, 4.69) is 15.7 Å². The average Bonchev–Trinajstić information content (AvgIpc) is 2.94. The Balaban J connectivity index is 1.57. The van der Waals surface area contributed by atoms with Crippen LogP contribution in [0.25, 0.3) is 0 Å². The highest BCUT2D eigenvalue weighted by Gasteiger charge is 2.09. The second-order valence-electron chi connectivity index (χ2n) is 5.44. The van der Waals surface area contributed by atoms with Crippen molar-refractivity contribution in [3.8, 4) is 0 Å². The summed E-state index contributed by atoms with van der Waals surface area (Å²) in [7, 11) is 0. The lowest BCUT2D eigenvalue weighted by Gasteiger charge is -2.09. The first kappa shape index (κ1) is 17.4. The van der Waals surface area contributed by atoms with Crippen molar-refractivity contribution in [2.24, 2.45) is 0 Å². The number of halogens is 2. The topological polar surface area (TPSA) is 41.9 Å². The molecule has 0 spiro atoms. The first-order valence-electron chi connectivity index (χ1n) is 7.66. The fourth-order valence-electron chi connectivity index (χ4n) is 2.27. The fraction of sp³-hybridized carbons (Fsp3) is 0.111. The van der Waals surface area contributed by atoms with E-state index in [-0.39, 0.29) is 5.82 Å². The van der Waals surface area contributed by atoms with Crippen molar-refractivity contribution in [3.63, 3.8) is 0 Å². The minimum atomic E-state index is -0.264. The molecule has 0 saturated carbocycles. The van der Waals surface area contributed by atoms with Gasteiger partial charge in [0.2, 0.25) is 0 Å². The van der Waals surface area contributed by atoms with Crippen molar-refractivity contribution in [2.75, 3.05) is 5.32 Å². The summed E-state index contributed by atoms with van der Waals surface area (Å²) in [5, 5.41) is 11.3. The lowest BCUT2D eigenvalue weighted by atomic mass is 10.2. The molecule has 1 heterocycles. The summed E-state index contributed by atoms with van der Waals surface area (Å²) >= 11 is 11.5. The first-order valence-corrected chi connectivity index (χ1v) is 8.45. The Labute approximate surface area is 155 Å². The van der Waals surface area contributed by atoms with Crippen molar-refractivity contribution in [1.82, 2.24) is 15.1 Å². The largest absolute Gasteiger partial charge is 0.358 e. The predicted molar refractivity (Wildman–Crippen MR) is 102 cm³/mol. The van der Waals surface area contributed by atoms with Crippen LogP contribution in [0.5, 0.6) is 0 Å². The Morgan fingerprint density at radius 1 is 1.08 bits per heavy atom. The molecular formula is C18H16ClFN4S. The molecule has 1 aromatic heterocycles. The quantitative estimate of drug-likeness (QED) is 0.656. The number of nitrogens with one attached hydrogen (secondary N) is 2. The molecule has 2 aromatic carbocycles. The van der Waals surface area contributed by atoms with Crippen LogP contribution < -0.4 is 10.6 Å². The number of hydrogen-bond donors (Lipinski definition) is 2. The second-order valence-corrected chi connectivity index (χ2v) is 6.26. The molecule has 0 aliphatic rings. The highest BCUT2D eigenvalue weighted by molar-refractivity contribution is 7.80. The molecule has 0 aliphatic carbocycles. The predicted octanol–water partition coefficient (Wildman–Crippen LogP) is 4.21. The van der Waals surface area contributed by atoms with Crippen molar-refractivity contribution in [2.45, 2.75) is 13.1 Å². The maximum Gasteiger partial charge on any atom is 0.173 e. The van der Waals surface area contributed by atoms with Gasteiger partial charge in [0.1, 0.15) is 10.8 Å². The number of benzene rings is 2. The summed E-state index contributed by atoms with van der Waals surface area (Å²) in [6.07, 6.45) is 1.75. The highest BCUT2D eigenvalue weighted by Crippen LogP contribution is 2.20. The van der Waals surface area contributed by atoms with Gasteiger partial charge >= 0.3 is 0 Å². The summed E-state index contributed by atoms with van der Waals surface area (Å²) in [5.74, 6) is 0.231. The van der Waals surface area contributed by atoms with Crippen molar-refractivity contribution >= 4 is 34.7 Å². The number of thiocarbonyl (C=S) groups is 1. The van der Waals surface area contributed by atoms with Gasteiger partial charge in [-0.3, -0.25) is 4.68 Å². The lowest BCUT2D eigenvalue weighted by Crippen LogP contribution is -2.28. The van der Waals surface area contributed by atoms with Gasteiger partial charge < -0.3 is 10.6 Å². The molecule has 0 unspecified atom stereocenters. The van der Waals surface area contributed by atoms with E-state index in [0.717, 1.165) is 11.1 Å². The van der Waals surface area contributed by atoms with E-state index >= 15 is 0 Å². The Bertz CT molecular complexity index is 849. The van der Waals surface area contributed by atoms with Gasteiger partial charge in [-0.2, -0.15) is 5.10 Å². The minimum absolute atomic E-state index is 0.264. The molecule has 0 saturated heterocycles. The molecular weight excluding hydrogens is 359 g/mol. The number of aromatic nitrogens is 2. The van der Waals surface area contributed by atoms with Gasteiger partial charge in [-0.15, -0.1) is 0 Å². The molecule has 0 atom stereocenters. The van der Waals surface area contributed by atoms with Gasteiger partial charge in [-0.1, -0.05) is 54.1 Å². The number of nitrogens with zero attached hydrogens (tertiary/aromatic N) is 2.